The lowest BCUT2D eigenvalue weighted by Gasteiger charge is -2.12. The maximum absolute atomic E-state index is 12.1. The third kappa shape index (κ3) is 2.21. The Hall–Kier alpha value is -2.88. The molecule has 0 saturated carbocycles. The molecule has 3 aromatic rings. The first-order valence-electron chi connectivity index (χ1n) is 6.54. The van der Waals surface area contributed by atoms with Gasteiger partial charge in [-0.3, -0.25) is 0 Å². The number of carbonyl (C=O) groups is 1. The Bertz CT molecular complexity index is 814. The van der Waals surface area contributed by atoms with Gasteiger partial charge in [-0.1, -0.05) is 48.5 Å². The van der Waals surface area contributed by atoms with Crippen LogP contribution in [0.3, 0.4) is 0 Å². The van der Waals surface area contributed by atoms with E-state index in [2.05, 4.69) is 4.98 Å². The van der Waals surface area contributed by atoms with E-state index in [-0.39, 0.29) is 0 Å². The second kappa shape index (κ2) is 5.25. The third-order valence-corrected chi connectivity index (χ3v) is 3.37. The highest BCUT2D eigenvalue weighted by Crippen LogP contribution is 2.32. The van der Waals surface area contributed by atoms with Crippen molar-refractivity contribution in [2.75, 3.05) is 12.8 Å². The number of ether oxygens (including phenoxy) is 1. The van der Waals surface area contributed by atoms with E-state index in [4.69, 9.17) is 10.5 Å². The average molecular weight is 278 g/mol. The van der Waals surface area contributed by atoms with Crippen LogP contribution < -0.4 is 5.73 Å². The number of carbonyl (C=O) groups excluding carboxylic acids is 1. The Labute approximate surface area is 122 Å². The molecule has 0 amide bonds. The first-order chi connectivity index (χ1) is 10.2. The van der Waals surface area contributed by atoms with Gasteiger partial charge >= 0.3 is 5.97 Å². The number of hydrogen-bond acceptors (Lipinski definition) is 4. The molecule has 0 aliphatic carbocycles. The van der Waals surface area contributed by atoms with Crippen LogP contribution in [0.2, 0.25) is 0 Å². The molecule has 0 atom stereocenters. The fourth-order valence-electron chi connectivity index (χ4n) is 2.36. The van der Waals surface area contributed by atoms with Crippen LogP contribution >= 0.6 is 0 Å². The predicted octanol–water partition coefficient (Wildman–Crippen LogP) is 3.27. The second-order valence-electron chi connectivity index (χ2n) is 4.62. The summed E-state index contributed by atoms with van der Waals surface area (Å²) in [4.78, 5) is 16.7. The minimum absolute atomic E-state index is 0.340. The van der Waals surface area contributed by atoms with Crippen LogP contribution in [0.4, 0.5) is 5.69 Å². The monoisotopic (exact) mass is 278 g/mol. The largest absolute Gasteiger partial charge is 0.465 e. The topological polar surface area (TPSA) is 65.2 Å². The van der Waals surface area contributed by atoms with E-state index in [0.29, 0.717) is 27.8 Å². The highest BCUT2D eigenvalue weighted by atomic mass is 16.5. The molecule has 0 unspecified atom stereocenters. The van der Waals surface area contributed by atoms with E-state index in [1.165, 1.54) is 7.11 Å². The zero-order valence-electron chi connectivity index (χ0n) is 11.5. The molecular formula is C17H14N2O2. The van der Waals surface area contributed by atoms with Crippen molar-refractivity contribution in [2.24, 2.45) is 0 Å². The van der Waals surface area contributed by atoms with Gasteiger partial charge in [-0.05, 0) is 6.07 Å². The summed E-state index contributed by atoms with van der Waals surface area (Å²) < 4.78 is 4.87. The van der Waals surface area contributed by atoms with E-state index in [0.717, 1.165) is 5.56 Å². The number of nitrogens with two attached hydrogens (primary N) is 1. The molecule has 0 saturated heterocycles. The molecule has 3 rings (SSSR count). The van der Waals surface area contributed by atoms with Gasteiger partial charge in [0.1, 0.15) is 0 Å². The van der Waals surface area contributed by atoms with Crippen LogP contribution in [0, 0.1) is 0 Å². The number of hydrogen-bond donors (Lipinski definition) is 1. The molecule has 1 heterocycles. The van der Waals surface area contributed by atoms with Crippen LogP contribution in [0.5, 0.6) is 0 Å². The van der Waals surface area contributed by atoms with Gasteiger partial charge < -0.3 is 10.5 Å². The van der Waals surface area contributed by atoms with Gasteiger partial charge in [-0.15, -0.1) is 0 Å². The highest BCUT2D eigenvalue weighted by Gasteiger charge is 2.19. The molecule has 4 heteroatoms. The lowest BCUT2D eigenvalue weighted by atomic mass is 10.0. The van der Waals surface area contributed by atoms with Crippen LogP contribution in [0.25, 0.3) is 22.2 Å². The van der Waals surface area contributed by atoms with Crippen LogP contribution in [-0.2, 0) is 4.74 Å². The van der Waals surface area contributed by atoms with Gasteiger partial charge in [0, 0.05) is 10.9 Å². The maximum atomic E-state index is 12.1. The Morgan fingerprint density at radius 3 is 2.43 bits per heavy atom. The van der Waals surface area contributed by atoms with E-state index in [9.17, 15) is 4.79 Å². The Morgan fingerprint density at radius 1 is 1.05 bits per heavy atom. The summed E-state index contributed by atoms with van der Waals surface area (Å²) in [5.41, 5.74) is 9.07. The van der Waals surface area contributed by atoms with Crippen molar-refractivity contribution in [2.45, 2.75) is 0 Å². The summed E-state index contributed by atoms with van der Waals surface area (Å²) in [7, 11) is 1.35. The van der Waals surface area contributed by atoms with Crippen molar-refractivity contribution in [1.82, 2.24) is 4.98 Å². The summed E-state index contributed by atoms with van der Waals surface area (Å²) in [5.74, 6) is -0.455. The van der Waals surface area contributed by atoms with Crippen LogP contribution in [0.15, 0.2) is 54.6 Å². The molecule has 2 N–H and O–H groups in total. The SMILES string of the molecule is COC(=O)c1c(N)c(-c2ccccc2)nc2ccccc12. The maximum Gasteiger partial charge on any atom is 0.340 e. The number of anilines is 1. The van der Waals surface area contributed by atoms with Crippen molar-refractivity contribution in [3.8, 4) is 11.3 Å². The fourth-order valence-corrected chi connectivity index (χ4v) is 2.36. The minimum atomic E-state index is -0.455. The molecule has 2 aromatic carbocycles. The number of nitrogen functional groups attached to an aromatic ring is 1. The zero-order valence-corrected chi connectivity index (χ0v) is 11.5. The number of benzene rings is 2. The van der Waals surface area contributed by atoms with Gasteiger partial charge in [0.05, 0.1) is 29.6 Å². The van der Waals surface area contributed by atoms with E-state index in [1.807, 2.05) is 54.6 Å². The number of methoxy groups -OCH3 is 1. The average Bonchev–Trinajstić information content (AvgIpc) is 2.54. The number of fused-ring (bicyclic) bond motifs is 1. The molecule has 0 aliphatic heterocycles. The molecule has 0 aliphatic rings. The Kier molecular flexibility index (Phi) is 3.28. The van der Waals surface area contributed by atoms with E-state index in [1.54, 1.807) is 0 Å². The summed E-state index contributed by atoms with van der Waals surface area (Å²) in [6.45, 7) is 0. The van der Waals surface area contributed by atoms with Crippen LogP contribution in [-0.4, -0.2) is 18.1 Å². The predicted molar refractivity (Wildman–Crippen MR) is 82.9 cm³/mol. The minimum Gasteiger partial charge on any atom is -0.465 e. The van der Waals surface area contributed by atoms with Crippen molar-refractivity contribution in [3.05, 3.63) is 60.2 Å². The second-order valence-corrected chi connectivity index (χ2v) is 4.62. The fraction of sp³-hybridized carbons (Fsp3) is 0.0588. The number of aromatic nitrogens is 1. The lowest BCUT2D eigenvalue weighted by molar-refractivity contribution is 0.0604. The summed E-state index contributed by atoms with van der Waals surface area (Å²) in [5, 5.41) is 0.696. The van der Waals surface area contributed by atoms with Gasteiger partial charge in [-0.25, -0.2) is 9.78 Å². The normalized spacial score (nSPS) is 10.5. The molecule has 0 bridgehead atoms. The zero-order chi connectivity index (χ0) is 14.8. The van der Waals surface area contributed by atoms with Gasteiger partial charge in [0.15, 0.2) is 0 Å². The molecule has 0 radical (unpaired) electrons. The lowest BCUT2D eigenvalue weighted by Crippen LogP contribution is -2.09. The standard InChI is InChI=1S/C17H14N2O2/c1-21-17(20)14-12-9-5-6-10-13(12)19-16(15(14)18)11-7-3-2-4-8-11/h2-10H,18H2,1H3. The molecule has 0 spiro atoms. The number of pyridine rings is 1. The van der Waals surface area contributed by atoms with Crippen molar-refractivity contribution >= 4 is 22.6 Å². The smallest absolute Gasteiger partial charge is 0.340 e. The van der Waals surface area contributed by atoms with E-state index < -0.39 is 5.97 Å². The molecule has 4 nitrogen and oxygen atoms in total. The highest BCUT2D eigenvalue weighted by molar-refractivity contribution is 6.10. The number of para-hydroxylation sites is 1. The molecule has 21 heavy (non-hydrogen) atoms. The number of nitrogens with zero attached hydrogens (tertiary/aromatic N) is 1. The molecule has 0 fully saturated rings. The van der Waals surface area contributed by atoms with Crippen molar-refractivity contribution in [3.63, 3.8) is 0 Å². The van der Waals surface area contributed by atoms with Gasteiger partial charge in [-0.2, -0.15) is 0 Å². The first kappa shape index (κ1) is 13.1. The van der Waals surface area contributed by atoms with E-state index >= 15 is 0 Å². The van der Waals surface area contributed by atoms with Gasteiger partial charge in [0.25, 0.3) is 0 Å². The Morgan fingerprint density at radius 2 is 1.71 bits per heavy atom. The van der Waals surface area contributed by atoms with Crippen molar-refractivity contribution in [1.29, 1.82) is 0 Å². The Balaban J connectivity index is 2.37. The quantitative estimate of drug-likeness (QED) is 0.731. The van der Waals surface area contributed by atoms with Gasteiger partial charge in [0.2, 0.25) is 0 Å². The molecule has 1 aromatic heterocycles. The van der Waals surface area contributed by atoms with Crippen LogP contribution in [0.1, 0.15) is 10.4 Å². The third-order valence-electron chi connectivity index (χ3n) is 3.37. The molecular weight excluding hydrogens is 264 g/mol. The summed E-state index contributed by atoms with van der Waals surface area (Å²) in [6, 6.07) is 16.9. The summed E-state index contributed by atoms with van der Waals surface area (Å²) in [6.07, 6.45) is 0. The number of rotatable bonds is 2. The first-order valence-corrected chi connectivity index (χ1v) is 6.54. The van der Waals surface area contributed by atoms with Crippen molar-refractivity contribution < 1.29 is 9.53 Å². The summed E-state index contributed by atoms with van der Waals surface area (Å²) >= 11 is 0. The number of esters is 1. The molecule has 104 valence electrons.